The van der Waals surface area contributed by atoms with E-state index in [0.717, 1.165) is 31.5 Å². The average molecular weight is 247 g/mol. The predicted molar refractivity (Wildman–Crippen MR) is 72.4 cm³/mol. The minimum absolute atomic E-state index is 0.00605. The fraction of sp³-hybridized carbons (Fsp3) is 0.500. The Morgan fingerprint density at radius 1 is 1.33 bits per heavy atom. The van der Waals surface area contributed by atoms with E-state index in [1.165, 1.54) is 0 Å². The molecule has 1 saturated heterocycles. The molecule has 0 spiro atoms. The van der Waals surface area contributed by atoms with E-state index in [1.54, 1.807) is 0 Å². The Bertz CT molecular complexity index is 394. The summed E-state index contributed by atoms with van der Waals surface area (Å²) >= 11 is 0. The molecule has 0 aliphatic carbocycles. The molecule has 1 heterocycles. The molecule has 1 aromatic carbocycles. The summed E-state index contributed by atoms with van der Waals surface area (Å²) in [5, 5.41) is 6.36. The molecule has 1 fully saturated rings. The van der Waals surface area contributed by atoms with Gasteiger partial charge in [0.15, 0.2) is 0 Å². The van der Waals surface area contributed by atoms with E-state index in [4.69, 9.17) is 5.73 Å². The van der Waals surface area contributed by atoms with Crippen LogP contribution in [0.3, 0.4) is 0 Å². The summed E-state index contributed by atoms with van der Waals surface area (Å²) in [6.07, 6.45) is 2.01. The van der Waals surface area contributed by atoms with Crippen molar-refractivity contribution >= 4 is 5.91 Å². The third-order valence-corrected chi connectivity index (χ3v) is 3.37. The number of rotatable bonds is 3. The van der Waals surface area contributed by atoms with Crippen molar-refractivity contribution in [3.05, 3.63) is 35.4 Å². The van der Waals surface area contributed by atoms with Gasteiger partial charge in [0.2, 0.25) is 0 Å². The van der Waals surface area contributed by atoms with Crippen molar-refractivity contribution in [1.29, 1.82) is 0 Å². The zero-order chi connectivity index (χ0) is 13.0. The van der Waals surface area contributed by atoms with Crippen LogP contribution in [0.4, 0.5) is 0 Å². The summed E-state index contributed by atoms with van der Waals surface area (Å²) in [4.78, 5) is 12.0. The molecule has 0 unspecified atom stereocenters. The van der Waals surface area contributed by atoms with Gasteiger partial charge in [-0.05, 0) is 50.6 Å². The van der Waals surface area contributed by atoms with Gasteiger partial charge in [0.1, 0.15) is 0 Å². The van der Waals surface area contributed by atoms with Crippen LogP contribution in [-0.4, -0.2) is 25.0 Å². The molecule has 0 bridgehead atoms. The van der Waals surface area contributed by atoms with E-state index in [-0.39, 0.29) is 11.9 Å². The SMILES string of the molecule is C[C@@H](N)c1ccc(C(=O)NC2CCNCC2)cc1. The molecule has 1 aliphatic heterocycles. The number of carbonyl (C=O) groups excluding carboxylic acids is 1. The minimum Gasteiger partial charge on any atom is -0.349 e. The fourth-order valence-corrected chi connectivity index (χ4v) is 2.17. The number of amides is 1. The quantitative estimate of drug-likeness (QED) is 0.751. The normalized spacial score (nSPS) is 18.3. The van der Waals surface area contributed by atoms with Crippen LogP contribution in [0, 0.1) is 0 Å². The fourth-order valence-electron chi connectivity index (χ4n) is 2.17. The molecule has 1 aromatic rings. The number of piperidine rings is 1. The van der Waals surface area contributed by atoms with E-state index in [2.05, 4.69) is 10.6 Å². The zero-order valence-electron chi connectivity index (χ0n) is 10.8. The van der Waals surface area contributed by atoms with Gasteiger partial charge in [0.25, 0.3) is 5.91 Å². The van der Waals surface area contributed by atoms with Gasteiger partial charge in [-0.25, -0.2) is 0 Å². The Kier molecular flexibility index (Phi) is 4.33. The number of hydrogen-bond donors (Lipinski definition) is 3. The maximum absolute atomic E-state index is 12.0. The Balaban J connectivity index is 1.95. The molecule has 98 valence electrons. The molecule has 1 atom stereocenters. The topological polar surface area (TPSA) is 67.2 Å². The van der Waals surface area contributed by atoms with Gasteiger partial charge >= 0.3 is 0 Å². The third-order valence-electron chi connectivity index (χ3n) is 3.37. The molecule has 4 heteroatoms. The van der Waals surface area contributed by atoms with Crippen molar-refractivity contribution in [1.82, 2.24) is 10.6 Å². The second-order valence-electron chi connectivity index (χ2n) is 4.91. The summed E-state index contributed by atoms with van der Waals surface area (Å²) in [5.74, 6) is 0.0122. The van der Waals surface area contributed by atoms with Crippen molar-refractivity contribution < 1.29 is 4.79 Å². The zero-order valence-corrected chi connectivity index (χ0v) is 10.8. The average Bonchev–Trinajstić information content (AvgIpc) is 2.40. The van der Waals surface area contributed by atoms with E-state index < -0.39 is 0 Å². The number of benzene rings is 1. The van der Waals surface area contributed by atoms with E-state index in [1.807, 2.05) is 31.2 Å². The summed E-state index contributed by atoms with van der Waals surface area (Å²) in [7, 11) is 0. The summed E-state index contributed by atoms with van der Waals surface area (Å²) in [5.41, 5.74) is 7.54. The second kappa shape index (κ2) is 5.98. The molecular formula is C14H21N3O. The van der Waals surface area contributed by atoms with Crippen molar-refractivity contribution in [2.45, 2.75) is 31.8 Å². The smallest absolute Gasteiger partial charge is 0.251 e. The Morgan fingerprint density at radius 3 is 2.50 bits per heavy atom. The van der Waals surface area contributed by atoms with E-state index in [0.29, 0.717) is 11.6 Å². The van der Waals surface area contributed by atoms with Crippen molar-refractivity contribution in [3.63, 3.8) is 0 Å². The standard InChI is InChI=1S/C14H21N3O/c1-10(15)11-2-4-12(5-3-11)14(18)17-13-6-8-16-9-7-13/h2-5,10,13,16H,6-9,15H2,1H3,(H,17,18)/t10-/m1/s1. The maximum atomic E-state index is 12.0. The molecule has 0 aromatic heterocycles. The lowest BCUT2D eigenvalue weighted by Gasteiger charge is -2.23. The van der Waals surface area contributed by atoms with Crippen LogP contribution in [-0.2, 0) is 0 Å². The van der Waals surface area contributed by atoms with Gasteiger partial charge in [0, 0.05) is 17.6 Å². The van der Waals surface area contributed by atoms with Crippen LogP contribution in [0.25, 0.3) is 0 Å². The Labute approximate surface area is 108 Å². The van der Waals surface area contributed by atoms with Crippen LogP contribution >= 0.6 is 0 Å². The van der Waals surface area contributed by atoms with E-state index in [9.17, 15) is 4.79 Å². The first kappa shape index (κ1) is 13.1. The highest BCUT2D eigenvalue weighted by Crippen LogP contribution is 2.11. The highest BCUT2D eigenvalue weighted by atomic mass is 16.1. The Hall–Kier alpha value is -1.39. The number of carbonyl (C=O) groups is 1. The van der Waals surface area contributed by atoms with Crippen molar-refractivity contribution in [2.24, 2.45) is 5.73 Å². The van der Waals surface area contributed by atoms with Crippen LogP contribution in [0.2, 0.25) is 0 Å². The van der Waals surface area contributed by atoms with Crippen molar-refractivity contribution in [2.75, 3.05) is 13.1 Å². The van der Waals surface area contributed by atoms with Gasteiger partial charge in [-0.15, -0.1) is 0 Å². The molecule has 1 amide bonds. The number of hydrogen-bond acceptors (Lipinski definition) is 3. The number of nitrogens with two attached hydrogens (primary N) is 1. The molecule has 4 nitrogen and oxygen atoms in total. The van der Waals surface area contributed by atoms with Gasteiger partial charge < -0.3 is 16.4 Å². The summed E-state index contributed by atoms with van der Waals surface area (Å²) in [6.45, 7) is 3.90. The minimum atomic E-state index is 0.00605. The monoisotopic (exact) mass is 247 g/mol. The second-order valence-corrected chi connectivity index (χ2v) is 4.91. The van der Waals surface area contributed by atoms with Gasteiger partial charge in [-0.3, -0.25) is 4.79 Å². The lowest BCUT2D eigenvalue weighted by Crippen LogP contribution is -2.42. The summed E-state index contributed by atoms with van der Waals surface area (Å²) < 4.78 is 0. The molecular weight excluding hydrogens is 226 g/mol. The number of nitrogens with one attached hydrogen (secondary N) is 2. The van der Waals surface area contributed by atoms with Crippen LogP contribution in [0.1, 0.15) is 41.7 Å². The summed E-state index contributed by atoms with van der Waals surface area (Å²) in [6, 6.07) is 7.83. The lowest BCUT2D eigenvalue weighted by atomic mass is 10.0. The molecule has 1 aliphatic rings. The molecule has 18 heavy (non-hydrogen) atoms. The Morgan fingerprint density at radius 2 is 1.94 bits per heavy atom. The van der Waals surface area contributed by atoms with Gasteiger partial charge in [-0.2, -0.15) is 0 Å². The largest absolute Gasteiger partial charge is 0.349 e. The highest BCUT2D eigenvalue weighted by molar-refractivity contribution is 5.94. The van der Waals surface area contributed by atoms with Gasteiger partial charge in [0.05, 0.1) is 0 Å². The molecule has 4 N–H and O–H groups in total. The molecule has 0 saturated carbocycles. The first-order chi connectivity index (χ1) is 8.66. The highest BCUT2D eigenvalue weighted by Gasteiger charge is 2.16. The maximum Gasteiger partial charge on any atom is 0.251 e. The first-order valence-electron chi connectivity index (χ1n) is 6.54. The first-order valence-corrected chi connectivity index (χ1v) is 6.54. The molecule has 2 rings (SSSR count). The van der Waals surface area contributed by atoms with Gasteiger partial charge in [-0.1, -0.05) is 12.1 Å². The molecule has 0 radical (unpaired) electrons. The van der Waals surface area contributed by atoms with Crippen LogP contribution < -0.4 is 16.4 Å². The van der Waals surface area contributed by atoms with E-state index >= 15 is 0 Å². The lowest BCUT2D eigenvalue weighted by molar-refractivity contribution is 0.0929. The van der Waals surface area contributed by atoms with Crippen LogP contribution in [0.5, 0.6) is 0 Å². The van der Waals surface area contributed by atoms with Crippen LogP contribution in [0.15, 0.2) is 24.3 Å². The predicted octanol–water partition coefficient (Wildman–Crippen LogP) is 1.19. The van der Waals surface area contributed by atoms with Crippen molar-refractivity contribution in [3.8, 4) is 0 Å². The third kappa shape index (κ3) is 3.31.